The lowest BCUT2D eigenvalue weighted by Gasteiger charge is -2.14. The number of oxime groups is 1. The molecule has 0 aromatic heterocycles. The predicted octanol–water partition coefficient (Wildman–Crippen LogP) is 3.10. The van der Waals surface area contributed by atoms with Crippen molar-refractivity contribution in [1.82, 2.24) is 4.90 Å². The quantitative estimate of drug-likeness (QED) is 0.460. The highest BCUT2D eigenvalue weighted by atomic mass is 35.5. The summed E-state index contributed by atoms with van der Waals surface area (Å²) >= 11 is 5.78. The molecule has 0 fully saturated rings. The lowest BCUT2D eigenvalue weighted by Crippen LogP contribution is -2.13. The first kappa shape index (κ1) is 16.6. The zero-order chi connectivity index (χ0) is 15.7. The Bertz CT molecular complexity index is 590. The van der Waals surface area contributed by atoms with Crippen molar-refractivity contribution in [2.24, 2.45) is 5.16 Å². The average Bonchev–Trinajstić information content (AvgIpc) is 2.47. The van der Waals surface area contributed by atoms with Gasteiger partial charge in [0.05, 0.1) is 0 Å². The third-order valence-electron chi connectivity index (χ3n) is 2.63. The molecule has 0 atom stereocenters. The van der Waals surface area contributed by atoms with Gasteiger partial charge < -0.3 is 9.74 Å². The number of hydrogen-bond donors (Lipinski definition) is 0. The van der Waals surface area contributed by atoms with Gasteiger partial charge in [0, 0.05) is 37.5 Å². The van der Waals surface area contributed by atoms with Crippen LogP contribution < -0.4 is 0 Å². The van der Waals surface area contributed by atoms with Crippen LogP contribution in [0.15, 0.2) is 40.7 Å². The molecule has 0 aliphatic heterocycles. The highest BCUT2D eigenvalue weighted by Crippen LogP contribution is 2.11. The Morgan fingerprint density at radius 1 is 1.29 bits per heavy atom. The van der Waals surface area contributed by atoms with Gasteiger partial charge in [0.25, 0.3) is 0 Å². The van der Waals surface area contributed by atoms with Gasteiger partial charge in [-0.2, -0.15) is 10.5 Å². The van der Waals surface area contributed by atoms with E-state index in [-0.39, 0.29) is 5.57 Å². The summed E-state index contributed by atoms with van der Waals surface area (Å²) < 4.78 is 0. The van der Waals surface area contributed by atoms with Crippen molar-refractivity contribution < 1.29 is 4.84 Å². The number of nitrogens with zero attached hydrogens (tertiary/aromatic N) is 4. The van der Waals surface area contributed by atoms with Crippen LogP contribution in [-0.4, -0.2) is 25.2 Å². The number of allylic oxidation sites excluding steroid dienone is 2. The molecule has 0 N–H and O–H groups in total. The molecule has 0 bridgehead atoms. The van der Waals surface area contributed by atoms with Crippen LogP contribution in [0.25, 0.3) is 0 Å². The van der Waals surface area contributed by atoms with Crippen LogP contribution in [0.3, 0.4) is 0 Å². The molecular weight excluding hydrogens is 288 g/mol. The maximum absolute atomic E-state index is 8.88. The first-order chi connectivity index (χ1) is 10.1. The Morgan fingerprint density at radius 3 is 2.43 bits per heavy atom. The number of rotatable bonds is 6. The molecule has 21 heavy (non-hydrogen) atoms. The molecule has 0 amide bonds. The molecule has 0 aliphatic carbocycles. The summed E-state index contributed by atoms with van der Waals surface area (Å²) in [5.74, 6) is 0. The van der Waals surface area contributed by atoms with Crippen LogP contribution in [0.5, 0.6) is 0 Å². The van der Waals surface area contributed by atoms with Crippen LogP contribution in [-0.2, 0) is 11.4 Å². The van der Waals surface area contributed by atoms with Gasteiger partial charge in [-0.05, 0) is 17.7 Å². The Hall–Kier alpha value is -2.50. The van der Waals surface area contributed by atoms with Gasteiger partial charge in [-0.25, -0.2) is 0 Å². The van der Waals surface area contributed by atoms with Gasteiger partial charge in [0.2, 0.25) is 0 Å². The molecule has 0 spiro atoms. The maximum Gasteiger partial charge on any atom is 0.149 e. The monoisotopic (exact) mass is 302 g/mol. The maximum atomic E-state index is 8.88. The first-order valence-electron chi connectivity index (χ1n) is 6.17. The summed E-state index contributed by atoms with van der Waals surface area (Å²) in [5, 5.41) is 22.2. The average molecular weight is 303 g/mol. The molecule has 0 unspecified atom stereocenters. The Balaban J connectivity index is 2.54. The van der Waals surface area contributed by atoms with Gasteiger partial charge >= 0.3 is 0 Å². The second kappa shape index (κ2) is 8.63. The highest BCUT2D eigenvalue weighted by molar-refractivity contribution is 6.30. The zero-order valence-electron chi connectivity index (χ0n) is 11.9. The fraction of sp³-hybridized carbons (Fsp3) is 0.267. The second-order valence-electron chi connectivity index (χ2n) is 4.33. The molecule has 0 heterocycles. The lowest BCUT2D eigenvalue weighted by atomic mass is 10.2. The molecule has 1 rings (SSSR count). The summed E-state index contributed by atoms with van der Waals surface area (Å²) in [6.45, 7) is 0.331. The van der Waals surface area contributed by atoms with Crippen LogP contribution in [0, 0.1) is 22.7 Å². The van der Waals surface area contributed by atoms with Gasteiger partial charge in [0.15, 0.2) is 0 Å². The molecule has 1 aromatic rings. The first-order valence-corrected chi connectivity index (χ1v) is 6.55. The SMILES string of the molecule is CN(C)C(CC=NOCc1ccc(Cl)cc1)=C(C#N)C#N. The van der Waals surface area contributed by atoms with E-state index < -0.39 is 0 Å². The zero-order valence-corrected chi connectivity index (χ0v) is 12.6. The van der Waals surface area contributed by atoms with Gasteiger partial charge in [-0.3, -0.25) is 0 Å². The van der Waals surface area contributed by atoms with Crippen molar-refractivity contribution in [3.05, 3.63) is 46.1 Å². The van der Waals surface area contributed by atoms with Crippen LogP contribution >= 0.6 is 11.6 Å². The van der Waals surface area contributed by atoms with Crippen LogP contribution in [0.1, 0.15) is 12.0 Å². The predicted molar refractivity (Wildman–Crippen MR) is 81.3 cm³/mol. The largest absolute Gasteiger partial charge is 0.391 e. The van der Waals surface area contributed by atoms with E-state index in [1.165, 1.54) is 6.21 Å². The summed E-state index contributed by atoms with van der Waals surface area (Å²) in [4.78, 5) is 6.87. The van der Waals surface area contributed by atoms with Crippen molar-refractivity contribution >= 4 is 17.8 Å². The van der Waals surface area contributed by atoms with Crippen LogP contribution in [0.2, 0.25) is 5.02 Å². The second-order valence-corrected chi connectivity index (χ2v) is 4.77. The van der Waals surface area contributed by atoms with E-state index in [9.17, 15) is 0 Å². The molecule has 6 heteroatoms. The third kappa shape index (κ3) is 5.56. The van der Waals surface area contributed by atoms with Crippen molar-refractivity contribution in [2.75, 3.05) is 14.1 Å². The van der Waals surface area contributed by atoms with Crippen molar-refractivity contribution in [2.45, 2.75) is 13.0 Å². The number of benzene rings is 1. The smallest absolute Gasteiger partial charge is 0.149 e. The van der Waals surface area contributed by atoms with Crippen molar-refractivity contribution in [3.8, 4) is 12.1 Å². The van der Waals surface area contributed by atoms with E-state index >= 15 is 0 Å². The molecule has 108 valence electrons. The topological polar surface area (TPSA) is 72.4 Å². The van der Waals surface area contributed by atoms with E-state index in [4.69, 9.17) is 27.0 Å². The Kier molecular flexibility index (Phi) is 6.80. The fourth-order valence-corrected chi connectivity index (χ4v) is 1.66. The highest BCUT2D eigenvalue weighted by Gasteiger charge is 2.07. The van der Waals surface area contributed by atoms with Crippen molar-refractivity contribution in [3.63, 3.8) is 0 Å². The molecule has 1 aromatic carbocycles. The Morgan fingerprint density at radius 2 is 1.90 bits per heavy atom. The fourth-order valence-electron chi connectivity index (χ4n) is 1.53. The molecule has 0 saturated heterocycles. The standard InChI is InChI=1S/C15H15ClN4O/c1-20(2)15(13(9-17)10-18)7-8-19-21-11-12-3-5-14(16)6-4-12/h3-6,8H,7,11H2,1-2H3. The van der Waals surface area contributed by atoms with Crippen molar-refractivity contribution in [1.29, 1.82) is 10.5 Å². The van der Waals surface area contributed by atoms with Gasteiger partial charge in [-0.1, -0.05) is 28.9 Å². The minimum Gasteiger partial charge on any atom is -0.391 e. The minimum atomic E-state index is 0.0733. The summed E-state index contributed by atoms with van der Waals surface area (Å²) in [6.07, 6.45) is 1.88. The molecular formula is C15H15ClN4O. The molecule has 5 nitrogen and oxygen atoms in total. The van der Waals surface area contributed by atoms with Gasteiger partial charge in [-0.15, -0.1) is 0 Å². The lowest BCUT2D eigenvalue weighted by molar-refractivity contribution is 0.131. The van der Waals surface area contributed by atoms with Gasteiger partial charge in [0.1, 0.15) is 24.3 Å². The van der Waals surface area contributed by atoms with E-state index in [1.807, 2.05) is 24.3 Å². The van der Waals surface area contributed by atoms with E-state index in [0.717, 1.165) is 5.56 Å². The number of nitriles is 2. The number of halogens is 1. The normalized spacial score (nSPS) is 9.76. The van der Waals surface area contributed by atoms with E-state index in [1.54, 1.807) is 31.1 Å². The summed E-state index contributed by atoms with van der Waals surface area (Å²) in [5.41, 5.74) is 1.62. The summed E-state index contributed by atoms with van der Waals surface area (Å²) in [7, 11) is 3.54. The summed E-state index contributed by atoms with van der Waals surface area (Å²) in [6, 6.07) is 11.0. The Labute approximate surface area is 129 Å². The molecule has 0 radical (unpaired) electrons. The third-order valence-corrected chi connectivity index (χ3v) is 2.88. The van der Waals surface area contributed by atoms with Crippen LogP contribution in [0.4, 0.5) is 0 Å². The van der Waals surface area contributed by atoms with E-state index in [0.29, 0.717) is 23.7 Å². The molecule has 0 aliphatic rings. The number of hydrogen-bond acceptors (Lipinski definition) is 5. The minimum absolute atomic E-state index is 0.0733. The van der Waals surface area contributed by atoms with E-state index in [2.05, 4.69) is 5.16 Å². The molecule has 0 saturated carbocycles.